The molecule has 0 heterocycles. The Labute approximate surface area is 122 Å². The van der Waals surface area contributed by atoms with Crippen molar-refractivity contribution in [2.45, 2.75) is 24.2 Å². The molecule has 1 amide bonds. The van der Waals surface area contributed by atoms with E-state index in [1.54, 1.807) is 0 Å². The smallest absolute Gasteiger partial charge is 0.261 e. The Kier molecular flexibility index (Phi) is 4.55. The van der Waals surface area contributed by atoms with Crippen molar-refractivity contribution in [3.8, 4) is 5.75 Å². The number of ether oxygens (including phenoxy) is 1. The number of carbonyl (C=O) groups is 1. The zero-order valence-corrected chi connectivity index (χ0v) is 12.6. The molecule has 0 radical (unpaired) electrons. The fraction of sp³-hybridized carbons (Fsp3) is 0.462. The summed E-state index contributed by atoms with van der Waals surface area (Å²) in [5.74, 6) is 0.675. The van der Waals surface area contributed by atoms with Crippen LogP contribution in [-0.4, -0.2) is 28.0 Å². The third-order valence-electron chi connectivity index (χ3n) is 3.23. The van der Waals surface area contributed by atoms with Gasteiger partial charge >= 0.3 is 0 Å². The Morgan fingerprint density at radius 1 is 1.45 bits per heavy atom. The summed E-state index contributed by atoms with van der Waals surface area (Å²) < 4.78 is 27.7. The van der Waals surface area contributed by atoms with Crippen molar-refractivity contribution in [3.63, 3.8) is 0 Å². The molecular formula is C13H16ClNO4S. The van der Waals surface area contributed by atoms with Gasteiger partial charge in [0.2, 0.25) is 0 Å². The van der Waals surface area contributed by atoms with Gasteiger partial charge in [-0.1, -0.05) is 12.8 Å². The van der Waals surface area contributed by atoms with Crippen LogP contribution in [-0.2, 0) is 9.05 Å². The fourth-order valence-corrected chi connectivity index (χ4v) is 2.68. The number of amides is 1. The third kappa shape index (κ3) is 3.86. The molecule has 20 heavy (non-hydrogen) atoms. The quantitative estimate of drug-likeness (QED) is 0.816. The van der Waals surface area contributed by atoms with Crippen molar-refractivity contribution < 1.29 is 17.9 Å². The first-order valence-electron chi connectivity index (χ1n) is 6.32. The average Bonchev–Trinajstić information content (AvgIpc) is 3.21. The molecule has 0 saturated heterocycles. The molecule has 1 aromatic carbocycles. The Hall–Kier alpha value is -1.27. The van der Waals surface area contributed by atoms with Crippen LogP contribution in [0.25, 0.3) is 0 Å². The van der Waals surface area contributed by atoms with Gasteiger partial charge in [-0.05, 0) is 30.5 Å². The van der Waals surface area contributed by atoms with E-state index in [9.17, 15) is 13.2 Å². The Morgan fingerprint density at radius 2 is 2.15 bits per heavy atom. The summed E-state index contributed by atoms with van der Waals surface area (Å²) in [4.78, 5) is 12.0. The molecule has 110 valence electrons. The standard InChI is InChI=1S/C13H16ClNO4S/c1-19-12-5-4-10(20(14,17)18)8-11(12)13(16)15-7-6-9-2-3-9/h4-5,8-9H,2-3,6-7H2,1H3,(H,15,16). The van der Waals surface area contributed by atoms with Crippen LogP contribution in [0.15, 0.2) is 23.1 Å². The van der Waals surface area contributed by atoms with E-state index in [1.165, 1.54) is 38.2 Å². The van der Waals surface area contributed by atoms with Crippen LogP contribution >= 0.6 is 10.7 Å². The summed E-state index contributed by atoms with van der Waals surface area (Å²) >= 11 is 0. The molecule has 1 aliphatic rings. The Morgan fingerprint density at radius 3 is 2.70 bits per heavy atom. The van der Waals surface area contributed by atoms with Crippen molar-refractivity contribution in [1.82, 2.24) is 5.32 Å². The largest absolute Gasteiger partial charge is 0.496 e. The van der Waals surface area contributed by atoms with E-state index in [2.05, 4.69) is 5.32 Å². The van der Waals surface area contributed by atoms with E-state index in [4.69, 9.17) is 15.4 Å². The highest BCUT2D eigenvalue weighted by molar-refractivity contribution is 8.13. The molecular weight excluding hydrogens is 302 g/mol. The van der Waals surface area contributed by atoms with Crippen LogP contribution in [0.2, 0.25) is 0 Å². The van der Waals surface area contributed by atoms with E-state index in [0.29, 0.717) is 18.2 Å². The van der Waals surface area contributed by atoms with Gasteiger partial charge in [0.05, 0.1) is 17.6 Å². The molecule has 0 spiro atoms. The van der Waals surface area contributed by atoms with Crippen LogP contribution in [0.4, 0.5) is 0 Å². The number of hydrogen-bond donors (Lipinski definition) is 1. The second kappa shape index (κ2) is 6.01. The summed E-state index contributed by atoms with van der Waals surface area (Å²) in [5, 5.41) is 2.77. The van der Waals surface area contributed by atoms with Gasteiger partial charge in [-0.3, -0.25) is 4.79 Å². The van der Waals surface area contributed by atoms with Crippen molar-refractivity contribution >= 4 is 25.6 Å². The van der Waals surface area contributed by atoms with Gasteiger partial charge in [-0.25, -0.2) is 8.42 Å². The van der Waals surface area contributed by atoms with Gasteiger partial charge in [-0.15, -0.1) is 0 Å². The van der Waals surface area contributed by atoms with E-state index < -0.39 is 9.05 Å². The average molecular weight is 318 g/mol. The maximum atomic E-state index is 12.1. The first-order chi connectivity index (χ1) is 9.41. The summed E-state index contributed by atoms with van der Waals surface area (Å²) in [6, 6.07) is 3.96. The lowest BCUT2D eigenvalue weighted by atomic mass is 10.2. The Bertz CT molecular complexity index is 611. The normalized spacial score (nSPS) is 14.9. The summed E-state index contributed by atoms with van der Waals surface area (Å²) in [7, 11) is 2.84. The van der Waals surface area contributed by atoms with Gasteiger partial charge in [0.15, 0.2) is 0 Å². The monoisotopic (exact) mass is 317 g/mol. The minimum absolute atomic E-state index is 0.118. The molecule has 0 bridgehead atoms. The van der Waals surface area contributed by atoms with Crippen LogP contribution in [0.1, 0.15) is 29.6 Å². The summed E-state index contributed by atoms with van der Waals surface area (Å²) in [5.41, 5.74) is 0.171. The number of carbonyl (C=O) groups excluding carboxylic acids is 1. The maximum Gasteiger partial charge on any atom is 0.261 e. The van der Waals surface area contributed by atoms with E-state index in [-0.39, 0.29) is 16.4 Å². The van der Waals surface area contributed by atoms with Gasteiger partial charge < -0.3 is 10.1 Å². The van der Waals surface area contributed by atoms with E-state index >= 15 is 0 Å². The molecule has 0 aromatic heterocycles. The lowest BCUT2D eigenvalue weighted by Gasteiger charge is -2.10. The van der Waals surface area contributed by atoms with Gasteiger partial charge in [-0.2, -0.15) is 0 Å². The molecule has 0 atom stereocenters. The van der Waals surface area contributed by atoms with Crippen molar-refractivity contribution in [1.29, 1.82) is 0 Å². The molecule has 1 aliphatic carbocycles. The van der Waals surface area contributed by atoms with Crippen LogP contribution in [0.3, 0.4) is 0 Å². The van der Waals surface area contributed by atoms with Gasteiger partial charge in [0.1, 0.15) is 5.75 Å². The fourth-order valence-electron chi connectivity index (χ4n) is 1.91. The predicted octanol–water partition coefficient (Wildman–Crippen LogP) is 2.15. The van der Waals surface area contributed by atoms with E-state index in [0.717, 1.165) is 6.42 Å². The number of methoxy groups -OCH3 is 1. The van der Waals surface area contributed by atoms with Crippen molar-refractivity contribution in [3.05, 3.63) is 23.8 Å². The molecule has 7 heteroatoms. The zero-order chi connectivity index (χ0) is 14.8. The molecule has 5 nitrogen and oxygen atoms in total. The predicted molar refractivity (Wildman–Crippen MR) is 75.7 cm³/mol. The molecule has 2 rings (SSSR count). The lowest BCUT2D eigenvalue weighted by Crippen LogP contribution is -2.25. The molecule has 1 aromatic rings. The van der Waals surface area contributed by atoms with E-state index in [1.807, 2.05) is 0 Å². The first-order valence-corrected chi connectivity index (χ1v) is 8.63. The molecule has 0 unspecified atom stereocenters. The topological polar surface area (TPSA) is 72.5 Å². The summed E-state index contributed by atoms with van der Waals surface area (Å²) in [6.07, 6.45) is 3.39. The molecule has 1 N–H and O–H groups in total. The second-order valence-electron chi connectivity index (χ2n) is 4.79. The zero-order valence-electron chi connectivity index (χ0n) is 11.1. The van der Waals surface area contributed by atoms with Crippen LogP contribution < -0.4 is 10.1 Å². The molecule has 1 fully saturated rings. The number of hydrogen-bond acceptors (Lipinski definition) is 4. The SMILES string of the molecule is COc1ccc(S(=O)(=O)Cl)cc1C(=O)NCCC1CC1. The maximum absolute atomic E-state index is 12.1. The van der Waals surface area contributed by atoms with Crippen molar-refractivity contribution in [2.24, 2.45) is 5.92 Å². The molecule has 1 saturated carbocycles. The highest BCUT2D eigenvalue weighted by atomic mass is 35.7. The summed E-state index contributed by atoms with van der Waals surface area (Å²) in [6.45, 7) is 0.574. The number of nitrogens with one attached hydrogen (secondary N) is 1. The number of rotatable bonds is 6. The number of benzene rings is 1. The first kappa shape index (κ1) is 15.1. The Balaban J connectivity index is 2.15. The number of halogens is 1. The minimum atomic E-state index is -3.87. The van der Waals surface area contributed by atoms with Gasteiger partial charge in [0, 0.05) is 17.2 Å². The molecule has 0 aliphatic heterocycles. The van der Waals surface area contributed by atoms with Crippen LogP contribution in [0, 0.1) is 5.92 Å². The van der Waals surface area contributed by atoms with Crippen molar-refractivity contribution in [2.75, 3.05) is 13.7 Å². The van der Waals surface area contributed by atoms with Crippen LogP contribution in [0.5, 0.6) is 5.75 Å². The second-order valence-corrected chi connectivity index (χ2v) is 7.35. The minimum Gasteiger partial charge on any atom is -0.496 e. The van der Waals surface area contributed by atoms with Gasteiger partial charge in [0.25, 0.3) is 15.0 Å². The third-order valence-corrected chi connectivity index (χ3v) is 4.58. The lowest BCUT2D eigenvalue weighted by molar-refractivity contribution is 0.0949. The highest BCUT2D eigenvalue weighted by Crippen LogP contribution is 2.31. The highest BCUT2D eigenvalue weighted by Gasteiger charge is 2.22.